The molecular weight excluding hydrogens is 413 g/mol. The lowest BCUT2D eigenvalue weighted by molar-refractivity contribution is 0.0940. The number of nitrogens with one attached hydrogen (secondary N) is 1. The molecule has 2 aromatic carbocycles. The van der Waals surface area contributed by atoms with Crippen LogP contribution in [-0.4, -0.2) is 20.6 Å². The quantitative estimate of drug-likeness (QED) is 0.760. The van der Waals surface area contributed by atoms with Gasteiger partial charge in [-0.25, -0.2) is 8.42 Å². The minimum atomic E-state index is -3.20. The molecule has 4 nitrogen and oxygen atoms in total. The molecule has 0 saturated heterocycles. The van der Waals surface area contributed by atoms with Crippen LogP contribution in [0.1, 0.15) is 28.9 Å². The fourth-order valence-electron chi connectivity index (χ4n) is 1.97. The monoisotopic (exact) mass is 429 g/mol. The summed E-state index contributed by atoms with van der Waals surface area (Å²) in [6, 6.07) is 13.6. The molecule has 1 unspecified atom stereocenters. The molecule has 1 atom stereocenters. The molecule has 0 saturated carbocycles. The Morgan fingerprint density at radius 1 is 1.05 bits per heavy atom. The molecule has 116 valence electrons. The van der Waals surface area contributed by atoms with Gasteiger partial charge < -0.3 is 5.32 Å². The summed E-state index contributed by atoms with van der Waals surface area (Å²) in [6.07, 6.45) is 1.17. The highest BCUT2D eigenvalue weighted by Gasteiger charge is 2.13. The number of hydrogen-bond donors (Lipinski definition) is 1. The van der Waals surface area contributed by atoms with Crippen LogP contribution in [0.5, 0.6) is 0 Å². The van der Waals surface area contributed by atoms with Crippen molar-refractivity contribution >= 4 is 38.3 Å². The Kier molecular flexibility index (Phi) is 5.23. The first-order chi connectivity index (χ1) is 10.3. The van der Waals surface area contributed by atoms with Crippen LogP contribution in [0.4, 0.5) is 0 Å². The first-order valence-electron chi connectivity index (χ1n) is 6.64. The van der Waals surface area contributed by atoms with Crippen molar-refractivity contribution in [1.29, 1.82) is 0 Å². The van der Waals surface area contributed by atoms with Crippen LogP contribution in [-0.2, 0) is 9.84 Å². The van der Waals surface area contributed by atoms with E-state index in [2.05, 4.69) is 27.9 Å². The van der Waals surface area contributed by atoms with E-state index in [-0.39, 0.29) is 16.8 Å². The number of carbonyl (C=O) groups excluding carboxylic acids is 1. The van der Waals surface area contributed by atoms with Gasteiger partial charge in [0.2, 0.25) is 0 Å². The van der Waals surface area contributed by atoms with Gasteiger partial charge in [-0.2, -0.15) is 0 Å². The highest BCUT2D eigenvalue weighted by molar-refractivity contribution is 14.1. The number of carbonyl (C=O) groups is 1. The van der Waals surface area contributed by atoms with Crippen molar-refractivity contribution in [2.45, 2.75) is 17.9 Å². The normalized spacial score (nSPS) is 12.7. The maximum Gasteiger partial charge on any atom is 0.251 e. The van der Waals surface area contributed by atoms with Gasteiger partial charge in [0.15, 0.2) is 9.84 Å². The minimum absolute atomic E-state index is 0.156. The van der Waals surface area contributed by atoms with E-state index in [1.165, 1.54) is 6.26 Å². The van der Waals surface area contributed by atoms with Gasteiger partial charge >= 0.3 is 0 Å². The summed E-state index contributed by atoms with van der Waals surface area (Å²) in [7, 11) is -3.20. The number of sulfone groups is 1. The van der Waals surface area contributed by atoms with Gasteiger partial charge in [-0.1, -0.05) is 12.1 Å². The molecule has 0 aliphatic rings. The molecule has 2 rings (SSSR count). The molecule has 1 amide bonds. The third-order valence-corrected chi connectivity index (χ3v) is 5.11. The van der Waals surface area contributed by atoms with E-state index >= 15 is 0 Å². The first-order valence-corrected chi connectivity index (χ1v) is 9.61. The Morgan fingerprint density at radius 3 is 2.09 bits per heavy atom. The molecule has 0 radical (unpaired) electrons. The van der Waals surface area contributed by atoms with Gasteiger partial charge in [0.05, 0.1) is 10.9 Å². The van der Waals surface area contributed by atoms with Crippen LogP contribution in [0.2, 0.25) is 0 Å². The van der Waals surface area contributed by atoms with Gasteiger partial charge in [0.25, 0.3) is 5.91 Å². The van der Waals surface area contributed by atoms with Crippen molar-refractivity contribution in [1.82, 2.24) is 5.32 Å². The van der Waals surface area contributed by atoms with Gasteiger partial charge in [-0.15, -0.1) is 0 Å². The number of halogens is 1. The number of rotatable bonds is 4. The highest BCUT2D eigenvalue weighted by Crippen LogP contribution is 2.17. The van der Waals surface area contributed by atoms with Crippen molar-refractivity contribution < 1.29 is 13.2 Å². The summed E-state index contributed by atoms with van der Waals surface area (Å²) < 4.78 is 23.9. The second-order valence-corrected chi connectivity index (χ2v) is 8.30. The maximum absolute atomic E-state index is 12.2. The summed E-state index contributed by atoms with van der Waals surface area (Å²) in [4.78, 5) is 12.4. The van der Waals surface area contributed by atoms with E-state index in [4.69, 9.17) is 0 Å². The largest absolute Gasteiger partial charge is 0.346 e. The average Bonchev–Trinajstić information content (AvgIpc) is 2.47. The van der Waals surface area contributed by atoms with Crippen LogP contribution in [0, 0.1) is 3.57 Å². The number of hydrogen-bond acceptors (Lipinski definition) is 3. The lowest BCUT2D eigenvalue weighted by Crippen LogP contribution is -2.26. The van der Waals surface area contributed by atoms with Crippen molar-refractivity contribution in [3.63, 3.8) is 0 Å². The van der Waals surface area contributed by atoms with Crippen molar-refractivity contribution in [2.24, 2.45) is 0 Å². The van der Waals surface area contributed by atoms with Crippen LogP contribution < -0.4 is 5.32 Å². The summed E-state index contributed by atoms with van der Waals surface area (Å²) >= 11 is 2.18. The Labute approximate surface area is 144 Å². The summed E-state index contributed by atoms with van der Waals surface area (Å²) in [5.41, 5.74) is 1.45. The maximum atomic E-state index is 12.2. The van der Waals surface area contributed by atoms with Crippen LogP contribution in [0.3, 0.4) is 0 Å². The molecule has 0 spiro atoms. The van der Waals surface area contributed by atoms with Crippen molar-refractivity contribution in [3.05, 3.63) is 63.2 Å². The van der Waals surface area contributed by atoms with E-state index in [0.717, 1.165) is 9.13 Å². The van der Waals surface area contributed by atoms with Crippen LogP contribution in [0.25, 0.3) is 0 Å². The molecule has 0 fully saturated rings. The molecule has 1 N–H and O–H groups in total. The third kappa shape index (κ3) is 4.30. The minimum Gasteiger partial charge on any atom is -0.346 e. The Hall–Kier alpha value is -1.41. The molecule has 2 aromatic rings. The van der Waals surface area contributed by atoms with E-state index < -0.39 is 9.84 Å². The lowest BCUT2D eigenvalue weighted by Gasteiger charge is -2.15. The van der Waals surface area contributed by atoms with E-state index in [1.54, 1.807) is 36.4 Å². The zero-order valence-electron chi connectivity index (χ0n) is 12.2. The van der Waals surface area contributed by atoms with E-state index in [0.29, 0.717) is 5.56 Å². The molecular formula is C16H16INO3S. The van der Waals surface area contributed by atoms with Crippen LogP contribution in [0.15, 0.2) is 53.4 Å². The molecule has 0 heterocycles. The summed E-state index contributed by atoms with van der Waals surface area (Å²) in [6.45, 7) is 1.86. The molecule has 0 aliphatic heterocycles. The summed E-state index contributed by atoms with van der Waals surface area (Å²) in [5, 5.41) is 2.90. The molecule has 0 aliphatic carbocycles. The summed E-state index contributed by atoms with van der Waals surface area (Å²) in [5.74, 6) is -0.156. The predicted octanol–water partition coefficient (Wildman–Crippen LogP) is 3.19. The lowest BCUT2D eigenvalue weighted by atomic mass is 10.1. The fraction of sp³-hybridized carbons (Fsp3) is 0.188. The smallest absolute Gasteiger partial charge is 0.251 e. The topological polar surface area (TPSA) is 63.2 Å². The Bertz CT molecular complexity index is 768. The van der Waals surface area contributed by atoms with Crippen molar-refractivity contribution in [2.75, 3.05) is 6.26 Å². The van der Waals surface area contributed by atoms with Crippen molar-refractivity contribution in [3.8, 4) is 0 Å². The molecule has 0 aromatic heterocycles. The van der Waals surface area contributed by atoms with Gasteiger partial charge in [0.1, 0.15) is 0 Å². The molecule has 22 heavy (non-hydrogen) atoms. The number of benzene rings is 2. The first kappa shape index (κ1) is 17.0. The van der Waals surface area contributed by atoms with E-state index in [1.807, 2.05) is 19.1 Å². The van der Waals surface area contributed by atoms with Gasteiger partial charge in [-0.05, 0) is 71.5 Å². The third-order valence-electron chi connectivity index (χ3n) is 3.26. The fourth-order valence-corrected chi connectivity index (χ4v) is 2.96. The Morgan fingerprint density at radius 2 is 1.59 bits per heavy atom. The zero-order valence-corrected chi connectivity index (χ0v) is 15.2. The van der Waals surface area contributed by atoms with E-state index in [9.17, 15) is 13.2 Å². The van der Waals surface area contributed by atoms with Gasteiger partial charge in [0, 0.05) is 15.4 Å². The molecule has 6 heteroatoms. The van der Waals surface area contributed by atoms with Crippen LogP contribution >= 0.6 is 22.6 Å². The average molecular weight is 429 g/mol. The zero-order chi connectivity index (χ0) is 16.3. The SMILES string of the molecule is CC(NC(=O)c1ccc(I)cc1)c1ccc(S(C)(=O)=O)cc1. The number of amides is 1. The second kappa shape index (κ2) is 6.78. The predicted molar refractivity (Wildman–Crippen MR) is 94.6 cm³/mol. The van der Waals surface area contributed by atoms with Gasteiger partial charge in [-0.3, -0.25) is 4.79 Å². The second-order valence-electron chi connectivity index (χ2n) is 5.04. The standard InChI is InChI=1S/C16H16INO3S/c1-11(12-5-9-15(10-6-12)22(2,20)21)18-16(19)13-3-7-14(17)8-4-13/h3-11H,1-2H3,(H,18,19). The Balaban J connectivity index is 2.10. The molecule has 0 bridgehead atoms. The highest BCUT2D eigenvalue weighted by atomic mass is 127.